The van der Waals surface area contributed by atoms with E-state index in [1.165, 1.54) is 23.0 Å². The predicted molar refractivity (Wildman–Crippen MR) is 110 cm³/mol. The van der Waals surface area contributed by atoms with Crippen molar-refractivity contribution in [1.82, 2.24) is 20.1 Å². The van der Waals surface area contributed by atoms with E-state index in [0.717, 1.165) is 11.6 Å². The molecule has 164 valence electrons. The third-order valence-corrected chi connectivity index (χ3v) is 4.50. The molecule has 0 aliphatic carbocycles. The molecule has 0 spiro atoms. The number of nitrogens with zero attached hydrogens (tertiary/aromatic N) is 3. The molecular formula is C21H23F2N5O3. The molecule has 0 fully saturated rings. The van der Waals surface area contributed by atoms with E-state index in [9.17, 15) is 18.7 Å². The Morgan fingerprint density at radius 3 is 2.77 bits per heavy atom. The van der Waals surface area contributed by atoms with Crippen LogP contribution in [0.5, 0.6) is 0 Å². The van der Waals surface area contributed by atoms with Crippen molar-refractivity contribution in [3.05, 3.63) is 65.5 Å². The highest BCUT2D eigenvalue weighted by Gasteiger charge is 2.20. The molecule has 2 heterocycles. The highest BCUT2D eigenvalue weighted by atomic mass is 19.1. The van der Waals surface area contributed by atoms with Gasteiger partial charge in [0.05, 0.1) is 24.5 Å². The molecule has 0 bridgehead atoms. The smallest absolute Gasteiger partial charge is 0.255 e. The van der Waals surface area contributed by atoms with E-state index in [4.69, 9.17) is 5.11 Å². The van der Waals surface area contributed by atoms with Crippen LogP contribution in [-0.4, -0.2) is 56.7 Å². The number of benzene rings is 1. The van der Waals surface area contributed by atoms with Crippen LogP contribution in [0.2, 0.25) is 0 Å². The van der Waals surface area contributed by atoms with E-state index in [2.05, 4.69) is 20.7 Å². The summed E-state index contributed by atoms with van der Waals surface area (Å²) in [6.45, 7) is -0.413. The molecule has 0 saturated heterocycles. The average Bonchev–Trinajstić information content (AvgIpc) is 3.18. The van der Waals surface area contributed by atoms with E-state index in [-0.39, 0.29) is 29.4 Å². The van der Waals surface area contributed by atoms with Crippen LogP contribution in [0, 0.1) is 11.6 Å². The van der Waals surface area contributed by atoms with Gasteiger partial charge in [-0.15, -0.1) is 0 Å². The van der Waals surface area contributed by atoms with Crippen LogP contribution in [0.3, 0.4) is 0 Å². The van der Waals surface area contributed by atoms with Gasteiger partial charge in [-0.2, -0.15) is 5.10 Å². The van der Waals surface area contributed by atoms with Gasteiger partial charge in [-0.25, -0.2) is 13.8 Å². The number of aliphatic hydroxyl groups excluding tert-OH is 2. The van der Waals surface area contributed by atoms with E-state index in [1.807, 2.05) is 0 Å². The largest absolute Gasteiger partial charge is 0.394 e. The third kappa shape index (κ3) is 5.83. The summed E-state index contributed by atoms with van der Waals surface area (Å²) in [6.07, 6.45) is 2.36. The second kappa shape index (κ2) is 10.1. The average molecular weight is 431 g/mol. The summed E-state index contributed by atoms with van der Waals surface area (Å²) in [6, 6.07) is 7.19. The van der Waals surface area contributed by atoms with E-state index in [1.54, 1.807) is 25.4 Å². The maximum Gasteiger partial charge on any atom is 0.255 e. The van der Waals surface area contributed by atoms with Gasteiger partial charge in [-0.1, -0.05) is 12.1 Å². The molecule has 0 saturated carbocycles. The highest BCUT2D eigenvalue weighted by Crippen LogP contribution is 2.25. The first-order valence-electron chi connectivity index (χ1n) is 9.62. The number of aryl methyl sites for hydroxylation is 1. The van der Waals surface area contributed by atoms with Gasteiger partial charge in [-0.3, -0.25) is 9.48 Å². The van der Waals surface area contributed by atoms with E-state index >= 15 is 0 Å². The first-order chi connectivity index (χ1) is 14.9. The molecule has 1 unspecified atom stereocenters. The van der Waals surface area contributed by atoms with Gasteiger partial charge in [0.15, 0.2) is 5.82 Å². The SMILES string of the molecule is Cn1cc(-c2nc(NCCc3cccc(F)c3)c(C(=O)NCC(O)CO)cc2F)cn1. The number of carbonyl (C=O) groups is 1. The standard InChI is InChI=1S/C21H23F2N5O3/c1-28-11-14(9-26-28)19-18(23)8-17(21(31)25-10-16(30)12-29)20(27-19)24-6-5-13-3-2-4-15(22)7-13/h2-4,7-9,11,16,29-30H,5-6,10,12H2,1H3,(H,24,27)(H,25,31). The van der Waals surface area contributed by atoms with Crippen molar-refractivity contribution in [3.8, 4) is 11.3 Å². The monoisotopic (exact) mass is 431 g/mol. The van der Waals surface area contributed by atoms with Crippen LogP contribution >= 0.6 is 0 Å². The van der Waals surface area contributed by atoms with Crippen molar-refractivity contribution in [2.75, 3.05) is 25.0 Å². The van der Waals surface area contributed by atoms with Gasteiger partial charge < -0.3 is 20.8 Å². The molecule has 0 radical (unpaired) electrons. The Morgan fingerprint density at radius 2 is 2.10 bits per heavy atom. The molecule has 4 N–H and O–H groups in total. The van der Waals surface area contributed by atoms with Crippen LogP contribution < -0.4 is 10.6 Å². The number of amides is 1. The highest BCUT2D eigenvalue weighted by molar-refractivity contribution is 5.99. The Kier molecular flexibility index (Phi) is 7.27. The number of aromatic nitrogens is 3. The zero-order valence-electron chi connectivity index (χ0n) is 16.8. The molecule has 2 aromatic heterocycles. The minimum atomic E-state index is -1.14. The Hall–Kier alpha value is -3.37. The number of anilines is 1. The summed E-state index contributed by atoms with van der Waals surface area (Å²) in [5.74, 6) is -1.59. The summed E-state index contributed by atoms with van der Waals surface area (Å²) in [5.41, 5.74) is 1.15. The first kappa shape index (κ1) is 22.3. The number of hydrogen-bond donors (Lipinski definition) is 4. The molecule has 31 heavy (non-hydrogen) atoms. The second-order valence-electron chi connectivity index (χ2n) is 6.97. The van der Waals surface area contributed by atoms with Crippen LogP contribution in [0.4, 0.5) is 14.6 Å². The van der Waals surface area contributed by atoms with E-state index < -0.39 is 24.4 Å². The molecule has 0 aliphatic rings. The summed E-state index contributed by atoms with van der Waals surface area (Å²) in [7, 11) is 1.69. The Balaban J connectivity index is 1.85. The number of pyridine rings is 1. The minimum absolute atomic E-state index is 0.0216. The predicted octanol–water partition coefficient (Wildman–Crippen LogP) is 1.50. The number of aliphatic hydroxyl groups is 2. The maximum atomic E-state index is 14.7. The topological polar surface area (TPSA) is 112 Å². The number of rotatable bonds is 9. The summed E-state index contributed by atoms with van der Waals surface area (Å²) in [4.78, 5) is 16.8. The Bertz CT molecular complexity index is 1060. The quantitative estimate of drug-likeness (QED) is 0.409. The number of nitrogens with one attached hydrogen (secondary N) is 2. The molecule has 3 rings (SSSR count). The Morgan fingerprint density at radius 1 is 1.29 bits per heavy atom. The van der Waals surface area contributed by atoms with Gasteiger partial charge >= 0.3 is 0 Å². The van der Waals surface area contributed by atoms with Gasteiger partial charge in [0.1, 0.15) is 17.3 Å². The molecule has 1 aromatic carbocycles. The van der Waals surface area contributed by atoms with Crippen molar-refractivity contribution >= 4 is 11.7 Å². The number of halogens is 2. The molecule has 10 heteroatoms. The first-order valence-corrected chi connectivity index (χ1v) is 9.62. The van der Waals surface area contributed by atoms with Crippen LogP contribution in [-0.2, 0) is 13.5 Å². The number of carbonyl (C=O) groups excluding carboxylic acids is 1. The lowest BCUT2D eigenvalue weighted by Crippen LogP contribution is -2.34. The van der Waals surface area contributed by atoms with Crippen molar-refractivity contribution in [2.45, 2.75) is 12.5 Å². The van der Waals surface area contributed by atoms with Gasteiger partial charge in [-0.05, 0) is 30.2 Å². The van der Waals surface area contributed by atoms with Crippen molar-refractivity contribution in [2.24, 2.45) is 7.05 Å². The van der Waals surface area contributed by atoms with Crippen LogP contribution in [0.25, 0.3) is 11.3 Å². The summed E-state index contributed by atoms with van der Waals surface area (Å²) < 4.78 is 29.6. The zero-order chi connectivity index (χ0) is 22.4. The normalized spacial score (nSPS) is 11.9. The van der Waals surface area contributed by atoms with Gasteiger partial charge in [0, 0.05) is 31.9 Å². The van der Waals surface area contributed by atoms with Crippen LogP contribution in [0.15, 0.2) is 42.7 Å². The lowest BCUT2D eigenvalue weighted by atomic mass is 10.1. The fourth-order valence-corrected chi connectivity index (χ4v) is 2.93. The lowest BCUT2D eigenvalue weighted by molar-refractivity contribution is 0.0802. The van der Waals surface area contributed by atoms with Crippen LogP contribution in [0.1, 0.15) is 15.9 Å². The fraction of sp³-hybridized carbons (Fsp3) is 0.286. The maximum absolute atomic E-state index is 14.7. The van der Waals surface area contributed by atoms with Crippen molar-refractivity contribution in [1.29, 1.82) is 0 Å². The third-order valence-electron chi connectivity index (χ3n) is 4.50. The molecule has 1 atom stereocenters. The zero-order valence-corrected chi connectivity index (χ0v) is 16.8. The molecule has 3 aromatic rings. The molecule has 0 aliphatic heterocycles. The Labute approximate surface area is 177 Å². The van der Waals surface area contributed by atoms with Gasteiger partial charge in [0.25, 0.3) is 5.91 Å². The second-order valence-corrected chi connectivity index (χ2v) is 6.97. The lowest BCUT2D eigenvalue weighted by Gasteiger charge is -2.15. The number of hydrogen-bond acceptors (Lipinski definition) is 6. The molecular weight excluding hydrogens is 408 g/mol. The minimum Gasteiger partial charge on any atom is -0.394 e. The summed E-state index contributed by atoms with van der Waals surface area (Å²) >= 11 is 0. The van der Waals surface area contributed by atoms with Crippen molar-refractivity contribution < 1.29 is 23.8 Å². The fourth-order valence-electron chi connectivity index (χ4n) is 2.93. The van der Waals surface area contributed by atoms with Crippen molar-refractivity contribution in [3.63, 3.8) is 0 Å². The molecule has 8 nitrogen and oxygen atoms in total. The van der Waals surface area contributed by atoms with Gasteiger partial charge in [0.2, 0.25) is 0 Å². The molecule has 1 amide bonds. The van der Waals surface area contributed by atoms with E-state index in [0.29, 0.717) is 18.5 Å². The summed E-state index contributed by atoms with van der Waals surface area (Å²) in [5, 5.41) is 27.8.